The number of ether oxygens (including phenoxy) is 2. The smallest absolute Gasteiger partial charge is 0.276 e. The number of anilines is 1. The molecule has 0 fully saturated rings. The summed E-state index contributed by atoms with van der Waals surface area (Å²) in [5.74, 6) is -0.711. The molecule has 0 bridgehead atoms. The molecule has 2 aliphatic heterocycles. The van der Waals surface area contributed by atoms with Crippen LogP contribution in [0.4, 0.5) is 10.1 Å². The molecular weight excluding hydrogens is 365 g/mol. The van der Waals surface area contributed by atoms with E-state index < -0.39 is 5.82 Å². The Hall–Kier alpha value is -2.32. The van der Waals surface area contributed by atoms with E-state index in [2.05, 4.69) is 0 Å². The largest absolute Gasteiger partial charge is 0.481 e. The van der Waals surface area contributed by atoms with Crippen LogP contribution in [0, 0.1) is 5.82 Å². The zero-order chi connectivity index (χ0) is 18.4. The first-order chi connectivity index (χ1) is 12.5. The van der Waals surface area contributed by atoms with Crippen molar-refractivity contribution in [1.82, 2.24) is 9.36 Å². The van der Waals surface area contributed by atoms with Crippen molar-refractivity contribution in [3.05, 3.63) is 33.5 Å². The Balaban J connectivity index is 1.90. The van der Waals surface area contributed by atoms with E-state index in [0.717, 1.165) is 12.8 Å². The molecule has 7 nitrogen and oxygen atoms in total. The lowest BCUT2D eigenvalue weighted by Gasteiger charge is -2.29. The summed E-state index contributed by atoms with van der Waals surface area (Å²) in [7, 11) is 1.46. The van der Waals surface area contributed by atoms with Gasteiger partial charge in [0.2, 0.25) is 0 Å². The molecule has 2 aliphatic rings. The van der Waals surface area contributed by atoms with Crippen LogP contribution in [-0.2, 0) is 22.6 Å². The van der Waals surface area contributed by atoms with Gasteiger partial charge >= 0.3 is 0 Å². The summed E-state index contributed by atoms with van der Waals surface area (Å²) >= 11 is 6.40. The van der Waals surface area contributed by atoms with Crippen molar-refractivity contribution in [3.8, 4) is 16.9 Å². The summed E-state index contributed by atoms with van der Waals surface area (Å²) in [6.07, 6.45) is 1.78. The van der Waals surface area contributed by atoms with E-state index in [1.807, 2.05) is 0 Å². The minimum Gasteiger partial charge on any atom is -0.481 e. The van der Waals surface area contributed by atoms with Gasteiger partial charge in [-0.05, 0) is 18.9 Å². The molecular formula is C17H17ClFN3O4. The number of benzene rings is 1. The number of carbonyl (C=O) groups excluding carboxylic acids is 1. The fraction of sp³-hybridized carbons (Fsp3) is 0.412. The number of nitrogens with zero attached hydrogens (tertiary/aromatic N) is 3. The molecule has 1 amide bonds. The highest BCUT2D eigenvalue weighted by Gasteiger charge is 2.30. The van der Waals surface area contributed by atoms with Gasteiger partial charge in [-0.25, -0.2) is 9.07 Å². The molecule has 1 aromatic carbocycles. The summed E-state index contributed by atoms with van der Waals surface area (Å²) in [6.45, 7) is 0.957. The predicted octanol–water partition coefficient (Wildman–Crippen LogP) is 2.23. The Kier molecular flexibility index (Phi) is 4.24. The second kappa shape index (κ2) is 6.44. The minimum absolute atomic E-state index is 0.000752. The summed E-state index contributed by atoms with van der Waals surface area (Å²) in [5, 5.41) is 0.204. The second-order valence-corrected chi connectivity index (χ2v) is 6.61. The Morgan fingerprint density at radius 2 is 1.96 bits per heavy atom. The van der Waals surface area contributed by atoms with Crippen LogP contribution >= 0.6 is 11.6 Å². The number of hydrogen-bond donors (Lipinski definition) is 0. The number of rotatable bonds is 3. The van der Waals surface area contributed by atoms with Gasteiger partial charge < -0.3 is 9.47 Å². The molecule has 9 heteroatoms. The summed E-state index contributed by atoms with van der Waals surface area (Å²) < 4.78 is 28.4. The first-order valence-electron chi connectivity index (χ1n) is 8.28. The average molecular weight is 382 g/mol. The number of aromatic nitrogens is 2. The van der Waals surface area contributed by atoms with Crippen LogP contribution in [0.25, 0.3) is 11.1 Å². The highest BCUT2D eigenvalue weighted by molar-refractivity contribution is 6.32. The molecule has 0 unspecified atom stereocenters. The highest BCUT2D eigenvalue weighted by Crippen LogP contribution is 2.39. The number of halogens is 2. The lowest BCUT2D eigenvalue weighted by molar-refractivity contribution is -0.122. The normalized spacial score (nSPS) is 16.3. The molecule has 0 N–H and O–H groups in total. The average Bonchev–Trinajstić information content (AvgIpc) is 2.89. The van der Waals surface area contributed by atoms with Gasteiger partial charge in [0.15, 0.2) is 6.61 Å². The third-order valence-electron chi connectivity index (χ3n) is 4.68. The lowest BCUT2D eigenvalue weighted by atomic mass is 10.1. The zero-order valence-corrected chi connectivity index (χ0v) is 14.9. The molecule has 2 aromatic rings. The molecule has 138 valence electrons. The SMILES string of the molecule is COCN1C(=O)COc2cc(F)c(-c3c(Cl)n4n(c3=O)CCCC4)cc21. The number of hydrogen-bond acceptors (Lipinski definition) is 4. The van der Waals surface area contributed by atoms with Crippen LogP contribution < -0.4 is 15.2 Å². The molecule has 4 rings (SSSR count). The third kappa shape index (κ3) is 2.52. The van der Waals surface area contributed by atoms with Crippen molar-refractivity contribution >= 4 is 23.2 Å². The quantitative estimate of drug-likeness (QED) is 0.817. The number of methoxy groups -OCH3 is 1. The van der Waals surface area contributed by atoms with Crippen LogP contribution in [-0.4, -0.2) is 35.7 Å². The zero-order valence-electron chi connectivity index (χ0n) is 14.1. The molecule has 3 heterocycles. The molecule has 0 aliphatic carbocycles. The summed E-state index contributed by atoms with van der Waals surface area (Å²) in [5.41, 5.74) is 0.163. The number of fused-ring (bicyclic) bond motifs is 2. The Labute approximate surface area is 153 Å². The van der Waals surface area contributed by atoms with E-state index in [0.29, 0.717) is 18.8 Å². The van der Waals surface area contributed by atoms with Crippen LogP contribution in [0.1, 0.15) is 12.8 Å². The third-order valence-corrected chi connectivity index (χ3v) is 5.07. The van der Waals surface area contributed by atoms with Crippen molar-refractivity contribution in [2.75, 3.05) is 25.3 Å². The number of carbonyl (C=O) groups is 1. The van der Waals surface area contributed by atoms with Gasteiger partial charge in [-0.3, -0.25) is 19.2 Å². The standard InChI is InChI=1S/C17H17ClFN3O4/c1-25-9-20-12-6-10(11(19)7-13(12)26-8-14(20)23)15-16(18)21-4-2-3-5-22(21)17(15)24/h6-7H,2-5,8-9H2,1H3. The van der Waals surface area contributed by atoms with Crippen LogP contribution in [0.15, 0.2) is 16.9 Å². The van der Waals surface area contributed by atoms with Crippen LogP contribution in [0.5, 0.6) is 5.75 Å². The molecule has 0 saturated carbocycles. The fourth-order valence-electron chi connectivity index (χ4n) is 3.44. The van der Waals surface area contributed by atoms with Crippen molar-refractivity contribution in [2.24, 2.45) is 0 Å². The van der Waals surface area contributed by atoms with Crippen molar-refractivity contribution in [1.29, 1.82) is 0 Å². The van der Waals surface area contributed by atoms with E-state index in [1.165, 1.54) is 28.8 Å². The topological polar surface area (TPSA) is 65.7 Å². The van der Waals surface area contributed by atoms with Gasteiger partial charge in [0.05, 0.1) is 11.3 Å². The first kappa shape index (κ1) is 17.1. The lowest BCUT2D eigenvalue weighted by Crippen LogP contribution is -2.40. The number of amides is 1. The monoisotopic (exact) mass is 381 g/mol. The van der Waals surface area contributed by atoms with E-state index in [9.17, 15) is 14.0 Å². The summed E-state index contributed by atoms with van der Waals surface area (Å²) in [6, 6.07) is 2.60. The molecule has 0 atom stereocenters. The fourth-order valence-corrected chi connectivity index (χ4v) is 3.80. The Morgan fingerprint density at radius 1 is 1.23 bits per heavy atom. The van der Waals surface area contributed by atoms with Gasteiger partial charge in [0.1, 0.15) is 23.5 Å². The first-order valence-corrected chi connectivity index (χ1v) is 8.66. The Bertz CT molecular complexity index is 952. The molecule has 1 aromatic heterocycles. The van der Waals surface area contributed by atoms with Gasteiger partial charge in [0.25, 0.3) is 11.5 Å². The summed E-state index contributed by atoms with van der Waals surface area (Å²) in [4.78, 5) is 26.2. The van der Waals surface area contributed by atoms with Crippen LogP contribution in [0.3, 0.4) is 0 Å². The van der Waals surface area contributed by atoms with E-state index in [4.69, 9.17) is 21.1 Å². The van der Waals surface area contributed by atoms with Crippen molar-refractivity contribution in [2.45, 2.75) is 25.9 Å². The van der Waals surface area contributed by atoms with E-state index >= 15 is 0 Å². The van der Waals surface area contributed by atoms with Gasteiger partial charge in [-0.15, -0.1) is 0 Å². The maximum absolute atomic E-state index is 14.8. The van der Waals surface area contributed by atoms with Crippen molar-refractivity contribution < 1.29 is 18.7 Å². The van der Waals surface area contributed by atoms with Crippen LogP contribution in [0.2, 0.25) is 5.15 Å². The molecule has 26 heavy (non-hydrogen) atoms. The molecule has 0 radical (unpaired) electrons. The molecule has 0 spiro atoms. The van der Waals surface area contributed by atoms with Gasteiger partial charge in [0, 0.05) is 31.8 Å². The van der Waals surface area contributed by atoms with Gasteiger partial charge in [-0.2, -0.15) is 0 Å². The minimum atomic E-state index is -0.627. The maximum atomic E-state index is 14.8. The van der Waals surface area contributed by atoms with E-state index in [1.54, 1.807) is 4.68 Å². The highest BCUT2D eigenvalue weighted by atomic mass is 35.5. The van der Waals surface area contributed by atoms with Gasteiger partial charge in [-0.1, -0.05) is 11.6 Å². The second-order valence-electron chi connectivity index (χ2n) is 6.25. The molecule has 0 saturated heterocycles. The van der Waals surface area contributed by atoms with Crippen molar-refractivity contribution in [3.63, 3.8) is 0 Å². The van der Waals surface area contributed by atoms with E-state index in [-0.39, 0.29) is 46.8 Å². The predicted molar refractivity (Wildman–Crippen MR) is 93.2 cm³/mol. The Morgan fingerprint density at radius 3 is 2.65 bits per heavy atom. The maximum Gasteiger partial charge on any atom is 0.276 e.